The number of amides is 1. The van der Waals surface area contributed by atoms with Crippen LogP contribution in [-0.2, 0) is 4.79 Å². The molecular weight excluding hydrogens is 298 g/mol. The minimum absolute atomic E-state index is 0.00176. The van der Waals surface area contributed by atoms with Gasteiger partial charge in [0.15, 0.2) is 5.13 Å². The van der Waals surface area contributed by atoms with Crippen molar-refractivity contribution >= 4 is 28.2 Å². The lowest BCUT2D eigenvalue weighted by atomic mass is 10.0. The lowest BCUT2D eigenvalue weighted by molar-refractivity contribution is -0.118. The van der Waals surface area contributed by atoms with Crippen molar-refractivity contribution in [3.63, 3.8) is 0 Å². The number of carbonyl (C=O) groups is 2. The average Bonchev–Trinajstić information content (AvgIpc) is 2.95. The molecule has 0 unspecified atom stereocenters. The van der Waals surface area contributed by atoms with E-state index in [0.717, 1.165) is 17.1 Å². The molecule has 22 heavy (non-hydrogen) atoms. The van der Waals surface area contributed by atoms with Crippen LogP contribution in [0.25, 0.3) is 0 Å². The molecule has 1 heterocycles. The van der Waals surface area contributed by atoms with Gasteiger partial charge in [0.1, 0.15) is 0 Å². The summed E-state index contributed by atoms with van der Waals surface area (Å²) in [4.78, 5) is 28.0. The zero-order valence-electron chi connectivity index (χ0n) is 12.7. The minimum Gasteiger partial charge on any atom is -0.361 e. The van der Waals surface area contributed by atoms with Gasteiger partial charge in [-0.3, -0.25) is 9.59 Å². The second-order valence-electron chi connectivity index (χ2n) is 4.94. The molecule has 2 rings (SSSR count). The predicted molar refractivity (Wildman–Crippen MR) is 88.5 cm³/mol. The van der Waals surface area contributed by atoms with Gasteiger partial charge in [-0.1, -0.05) is 35.6 Å². The molecule has 2 aromatic rings. The third kappa shape index (κ3) is 4.39. The Kier molecular flexibility index (Phi) is 5.66. The highest BCUT2D eigenvalue weighted by atomic mass is 32.1. The quantitative estimate of drug-likeness (QED) is 0.608. The van der Waals surface area contributed by atoms with E-state index in [2.05, 4.69) is 15.6 Å². The first-order valence-electron chi connectivity index (χ1n) is 7.12. The summed E-state index contributed by atoms with van der Waals surface area (Å²) in [6.07, 6.45) is 2.41. The van der Waals surface area contributed by atoms with Crippen LogP contribution in [0.3, 0.4) is 0 Å². The predicted octanol–water partition coefficient (Wildman–Crippen LogP) is 2.62. The molecular formula is C16H19N3O2S. The average molecular weight is 317 g/mol. The Morgan fingerprint density at radius 3 is 2.73 bits per heavy atom. The summed E-state index contributed by atoms with van der Waals surface area (Å²) in [6, 6.07) is 7.54. The standard InChI is InChI=1S/C16H19N3O2S/c1-11-6-3-4-7-13(11)15(21)14-10-19-16(22-14)18-9-5-8-17-12(2)20/h3-4,6-7,10H,5,8-9H2,1-2H3,(H,17,20)(H,18,19). The second-order valence-corrected chi connectivity index (χ2v) is 5.97. The Morgan fingerprint density at radius 2 is 2.00 bits per heavy atom. The number of anilines is 1. The number of aryl methyl sites for hydroxylation is 1. The fourth-order valence-electron chi connectivity index (χ4n) is 1.97. The zero-order chi connectivity index (χ0) is 15.9. The van der Waals surface area contributed by atoms with E-state index >= 15 is 0 Å². The van der Waals surface area contributed by atoms with E-state index in [0.29, 0.717) is 23.5 Å². The van der Waals surface area contributed by atoms with Gasteiger partial charge in [0.2, 0.25) is 11.7 Å². The Hall–Kier alpha value is -2.21. The maximum atomic E-state index is 12.4. The zero-order valence-corrected chi connectivity index (χ0v) is 13.5. The molecule has 1 aromatic heterocycles. The largest absolute Gasteiger partial charge is 0.361 e. The van der Waals surface area contributed by atoms with Crippen LogP contribution in [0, 0.1) is 6.92 Å². The van der Waals surface area contributed by atoms with Gasteiger partial charge < -0.3 is 10.6 Å². The maximum Gasteiger partial charge on any atom is 0.216 e. The van der Waals surface area contributed by atoms with Crippen LogP contribution in [0.2, 0.25) is 0 Å². The van der Waals surface area contributed by atoms with Crippen molar-refractivity contribution in [2.24, 2.45) is 0 Å². The van der Waals surface area contributed by atoms with Crippen molar-refractivity contribution in [1.29, 1.82) is 0 Å². The monoisotopic (exact) mass is 317 g/mol. The molecule has 5 nitrogen and oxygen atoms in total. The topological polar surface area (TPSA) is 71.1 Å². The summed E-state index contributed by atoms with van der Waals surface area (Å²) in [5.41, 5.74) is 1.68. The molecule has 0 fully saturated rings. The van der Waals surface area contributed by atoms with Gasteiger partial charge in [0.25, 0.3) is 0 Å². The summed E-state index contributed by atoms with van der Waals surface area (Å²) >= 11 is 1.35. The van der Waals surface area contributed by atoms with E-state index in [1.165, 1.54) is 18.3 Å². The number of benzene rings is 1. The molecule has 0 bridgehead atoms. The minimum atomic E-state index is -0.0274. The Labute approximate surface area is 133 Å². The van der Waals surface area contributed by atoms with Crippen molar-refractivity contribution in [1.82, 2.24) is 10.3 Å². The molecule has 0 aliphatic carbocycles. The number of nitrogens with one attached hydrogen (secondary N) is 2. The summed E-state index contributed by atoms with van der Waals surface area (Å²) in [6.45, 7) is 4.75. The fourth-order valence-corrected chi connectivity index (χ4v) is 2.77. The normalized spacial score (nSPS) is 10.3. The van der Waals surface area contributed by atoms with Gasteiger partial charge in [-0.15, -0.1) is 0 Å². The molecule has 2 N–H and O–H groups in total. The van der Waals surface area contributed by atoms with Crippen molar-refractivity contribution < 1.29 is 9.59 Å². The van der Waals surface area contributed by atoms with Crippen LogP contribution < -0.4 is 10.6 Å². The molecule has 0 radical (unpaired) electrons. The first kappa shape index (κ1) is 16.2. The highest BCUT2D eigenvalue weighted by Crippen LogP contribution is 2.22. The lowest BCUT2D eigenvalue weighted by Crippen LogP contribution is -2.22. The highest BCUT2D eigenvalue weighted by Gasteiger charge is 2.14. The van der Waals surface area contributed by atoms with Crippen molar-refractivity contribution in [3.8, 4) is 0 Å². The third-order valence-corrected chi connectivity index (χ3v) is 4.08. The van der Waals surface area contributed by atoms with Gasteiger partial charge in [0, 0.05) is 25.6 Å². The van der Waals surface area contributed by atoms with Crippen LogP contribution in [0.4, 0.5) is 5.13 Å². The van der Waals surface area contributed by atoms with E-state index in [1.54, 1.807) is 6.20 Å². The molecule has 116 valence electrons. The van der Waals surface area contributed by atoms with E-state index in [-0.39, 0.29) is 11.7 Å². The number of rotatable bonds is 7. The molecule has 0 saturated carbocycles. The number of thiazole rings is 1. The Morgan fingerprint density at radius 1 is 1.23 bits per heavy atom. The first-order chi connectivity index (χ1) is 10.6. The van der Waals surface area contributed by atoms with Gasteiger partial charge in [-0.25, -0.2) is 4.98 Å². The third-order valence-electron chi connectivity index (χ3n) is 3.12. The second kappa shape index (κ2) is 7.70. The smallest absolute Gasteiger partial charge is 0.216 e. The number of ketones is 1. The summed E-state index contributed by atoms with van der Waals surface area (Å²) in [5.74, 6) is -0.0257. The highest BCUT2D eigenvalue weighted by molar-refractivity contribution is 7.17. The van der Waals surface area contributed by atoms with E-state index in [1.807, 2.05) is 31.2 Å². The number of carbonyl (C=O) groups excluding carboxylic acids is 2. The fraction of sp³-hybridized carbons (Fsp3) is 0.312. The molecule has 0 aliphatic heterocycles. The summed E-state index contributed by atoms with van der Waals surface area (Å²) < 4.78 is 0. The van der Waals surface area contributed by atoms with Crippen LogP contribution in [0.5, 0.6) is 0 Å². The maximum absolute atomic E-state index is 12.4. The van der Waals surface area contributed by atoms with Crippen LogP contribution in [0.15, 0.2) is 30.5 Å². The molecule has 0 atom stereocenters. The van der Waals surface area contributed by atoms with Gasteiger partial charge in [-0.05, 0) is 18.9 Å². The van der Waals surface area contributed by atoms with Gasteiger partial charge in [0.05, 0.1) is 11.1 Å². The molecule has 1 aromatic carbocycles. The van der Waals surface area contributed by atoms with E-state index in [9.17, 15) is 9.59 Å². The number of hydrogen-bond donors (Lipinski definition) is 2. The first-order valence-corrected chi connectivity index (χ1v) is 7.94. The van der Waals surface area contributed by atoms with Crippen molar-refractivity contribution in [2.45, 2.75) is 20.3 Å². The molecule has 1 amide bonds. The summed E-state index contributed by atoms with van der Waals surface area (Å²) in [7, 11) is 0. The van der Waals surface area contributed by atoms with Gasteiger partial charge in [-0.2, -0.15) is 0 Å². The lowest BCUT2D eigenvalue weighted by Gasteiger charge is -2.03. The molecule has 0 spiro atoms. The summed E-state index contributed by atoms with van der Waals surface area (Å²) in [5, 5.41) is 6.62. The molecule has 0 saturated heterocycles. The van der Waals surface area contributed by atoms with Crippen LogP contribution in [-0.4, -0.2) is 29.8 Å². The van der Waals surface area contributed by atoms with Crippen LogP contribution in [0.1, 0.15) is 34.1 Å². The number of nitrogens with zero attached hydrogens (tertiary/aromatic N) is 1. The molecule has 0 aliphatic rings. The molecule has 6 heteroatoms. The van der Waals surface area contributed by atoms with E-state index < -0.39 is 0 Å². The number of aromatic nitrogens is 1. The SMILES string of the molecule is CC(=O)NCCCNc1ncc(C(=O)c2ccccc2C)s1. The van der Waals surface area contributed by atoms with Crippen molar-refractivity contribution in [2.75, 3.05) is 18.4 Å². The van der Waals surface area contributed by atoms with Crippen LogP contribution >= 0.6 is 11.3 Å². The van der Waals surface area contributed by atoms with E-state index in [4.69, 9.17) is 0 Å². The van der Waals surface area contributed by atoms with Crippen molar-refractivity contribution in [3.05, 3.63) is 46.5 Å². The number of hydrogen-bond acceptors (Lipinski definition) is 5. The van der Waals surface area contributed by atoms with Gasteiger partial charge >= 0.3 is 0 Å². The Bertz CT molecular complexity index is 667. The Balaban J connectivity index is 1.90.